The lowest BCUT2D eigenvalue weighted by Gasteiger charge is -2.08. The molecule has 0 saturated carbocycles. The van der Waals surface area contributed by atoms with Crippen molar-refractivity contribution >= 4 is 39.2 Å². The molecule has 2 aromatic rings. The van der Waals surface area contributed by atoms with Gasteiger partial charge in [0.05, 0.1) is 19.2 Å². The second-order valence-electron chi connectivity index (χ2n) is 4.79. The Kier molecular flexibility index (Phi) is 6.62. The molecule has 2 aromatic carbocycles. The molecular weight excluding hydrogens is 374 g/mol. The van der Waals surface area contributed by atoms with E-state index in [0.29, 0.717) is 23.0 Å². The number of hydrogen-bond acceptors (Lipinski definition) is 3. The fourth-order valence-corrected chi connectivity index (χ4v) is 2.38. The van der Waals surface area contributed by atoms with Crippen LogP contribution in [0.15, 0.2) is 53.0 Å². The monoisotopic (exact) mass is 391 g/mol. The first-order valence-corrected chi connectivity index (χ1v) is 8.25. The lowest BCUT2D eigenvalue weighted by atomic mass is 10.2. The molecule has 0 spiro atoms. The van der Waals surface area contributed by atoms with E-state index in [1.54, 1.807) is 14.2 Å². The zero-order valence-electron chi connectivity index (χ0n) is 13.0. The van der Waals surface area contributed by atoms with E-state index in [4.69, 9.17) is 21.7 Å². The summed E-state index contributed by atoms with van der Waals surface area (Å²) >= 11 is 8.75. The van der Waals surface area contributed by atoms with Gasteiger partial charge in [-0.05, 0) is 41.5 Å². The lowest BCUT2D eigenvalue weighted by molar-refractivity contribution is 0.355. The number of rotatable bonds is 6. The van der Waals surface area contributed by atoms with Gasteiger partial charge in [0.2, 0.25) is 0 Å². The van der Waals surface area contributed by atoms with Gasteiger partial charge in [0, 0.05) is 11.0 Å². The SMILES string of the molecule is COc1ccc(/C=C/C(=S)NCc2ccc(Br)cc2)cc1OC. The topological polar surface area (TPSA) is 30.5 Å². The fraction of sp³-hybridized carbons (Fsp3) is 0.167. The molecule has 0 aromatic heterocycles. The van der Waals surface area contributed by atoms with E-state index in [1.165, 1.54) is 5.56 Å². The molecule has 0 atom stereocenters. The zero-order chi connectivity index (χ0) is 16.7. The average molecular weight is 392 g/mol. The predicted octanol–water partition coefficient (Wildman–Crippen LogP) is 4.60. The number of methoxy groups -OCH3 is 2. The van der Waals surface area contributed by atoms with Crippen molar-refractivity contribution in [2.24, 2.45) is 0 Å². The summed E-state index contributed by atoms with van der Waals surface area (Å²) in [5.41, 5.74) is 2.17. The highest BCUT2D eigenvalue weighted by atomic mass is 79.9. The summed E-state index contributed by atoms with van der Waals surface area (Å²) in [6.07, 6.45) is 3.81. The van der Waals surface area contributed by atoms with Gasteiger partial charge in [-0.1, -0.05) is 52.4 Å². The summed E-state index contributed by atoms with van der Waals surface area (Å²) in [5, 5.41) is 3.21. The average Bonchev–Trinajstić information content (AvgIpc) is 2.59. The lowest BCUT2D eigenvalue weighted by Crippen LogP contribution is -2.18. The quantitative estimate of drug-likeness (QED) is 0.575. The largest absolute Gasteiger partial charge is 0.493 e. The van der Waals surface area contributed by atoms with E-state index in [-0.39, 0.29) is 0 Å². The molecular formula is C18H18BrNO2S. The zero-order valence-corrected chi connectivity index (χ0v) is 15.4. The van der Waals surface area contributed by atoms with Gasteiger partial charge in [-0.25, -0.2) is 0 Å². The third-order valence-electron chi connectivity index (χ3n) is 3.21. The summed E-state index contributed by atoms with van der Waals surface area (Å²) in [4.78, 5) is 0.683. The normalized spacial score (nSPS) is 10.6. The van der Waals surface area contributed by atoms with Crippen LogP contribution in [0.1, 0.15) is 11.1 Å². The smallest absolute Gasteiger partial charge is 0.161 e. The van der Waals surface area contributed by atoms with E-state index in [2.05, 4.69) is 33.4 Å². The summed E-state index contributed by atoms with van der Waals surface area (Å²) in [6, 6.07) is 13.9. The molecule has 2 rings (SSSR count). The van der Waals surface area contributed by atoms with Crippen molar-refractivity contribution < 1.29 is 9.47 Å². The first kappa shape index (κ1) is 17.5. The molecule has 0 aliphatic rings. The van der Waals surface area contributed by atoms with Crippen LogP contribution in [0.5, 0.6) is 11.5 Å². The van der Waals surface area contributed by atoms with Crippen molar-refractivity contribution in [2.75, 3.05) is 14.2 Å². The maximum absolute atomic E-state index is 5.32. The van der Waals surface area contributed by atoms with Crippen LogP contribution in [0.3, 0.4) is 0 Å². The highest BCUT2D eigenvalue weighted by Gasteiger charge is 2.02. The van der Waals surface area contributed by atoms with Crippen molar-refractivity contribution in [1.82, 2.24) is 5.32 Å². The van der Waals surface area contributed by atoms with Gasteiger partial charge in [0.15, 0.2) is 11.5 Å². The first-order chi connectivity index (χ1) is 11.1. The number of benzene rings is 2. The Hall–Kier alpha value is -1.85. The van der Waals surface area contributed by atoms with Crippen LogP contribution < -0.4 is 14.8 Å². The number of halogens is 1. The molecule has 23 heavy (non-hydrogen) atoms. The summed E-state index contributed by atoms with van der Waals surface area (Å²) in [5.74, 6) is 1.41. The summed E-state index contributed by atoms with van der Waals surface area (Å²) in [6.45, 7) is 0.697. The third kappa shape index (κ3) is 5.37. The number of nitrogens with one attached hydrogen (secondary N) is 1. The van der Waals surface area contributed by atoms with Crippen LogP contribution in [-0.2, 0) is 6.54 Å². The molecule has 120 valence electrons. The van der Waals surface area contributed by atoms with E-state index in [9.17, 15) is 0 Å². The van der Waals surface area contributed by atoms with Gasteiger partial charge in [-0.3, -0.25) is 0 Å². The summed E-state index contributed by atoms with van der Waals surface area (Å²) in [7, 11) is 3.24. The van der Waals surface area contributed by atoms with Crippen molar-refractivity contribution in [2.45, 2.75) is 6.54 Å². The molecule has 0 aliphatic carbocycles. The number of hydrogen-bond donors (Lipinski definition) is 1. The second kappa shape index (κ2) is 8.70. The van der Waals surface area contributed by atoms with Crippen LogP contribution in [-0.4, -0.2) is 19.2 Å². The molecule has 3 nitrogen and oxygen atoms in total. The van der Waals surface area contributed by atoms with E-state index in [1.807, 2.05) is 42.5 Å². The van der Waals surface area contributed by atoms with Crippen molar-refractivity contribution in [1.29, 1.82) is 0 Å². The molecule has 1 N–H and O–H groups in total. The van der Waals surface area contributed by atoms with Gasteiger partial charge in [0.1, 0.15) is 0 Å². The molecule has 5 heteroatoms. The molecule has 0 amide bonds. The molecule has 0 aliphatic heterocycles. The molecule has 0 heterocycles. The second-order valence-corrected chi connectivity index (χ2v) is 6.15. The molecule has 0 radical (unpaired) electrons. The molecule has 0 saturated heterocycles. The Bertz CT molecular complexity index is 699. The first-order valence-electron chi connectivity index (χ1n) is 7.05. The highest BCUT2D eigenvalue weighted by molar-refractivity contribution is 9.10. The minimum atomic E-state index is 0.683. The Morgan fingerprint density at radius 2 is 1.78 bits per heavy atom. The molecule has 0 bridgehead atoms. The maximum Gasteiger partial charge on any atom is 0.161 e. The van der Waals surface area contributed by atoms with Crippen molar-refractivity contribution in [3.8, 4) is 11.5 Å². The van der Waals surface area contributed by atoms with Crippen LogP contribution >= 0.6 is 28.1 Å². The van der Waals surface area contributed by atoms with Crippen LogP contribution in [0.25, 0.3) is 6.08 Å². The molecule has 0 fully saturated rings. The van der Waals surface area contributed by atoms with Crippen LogP contribution in [0.4, 0.5) is 0 Å². The Morgan fingerprint density at radius 3 is 2.43 bits per heavy atom. The maximum atomic E-state index is 5.32. The van der Waals surface area contributed by atoms with Crippen LogP contribution in [0.2, 0.25) is 0 Å². The Balaban J connectivity index is 1.94. The van der Waals surface area contributed by atoms with E-state index in [0.717, 1.165) is 10.0 Å². The predicted molar refractivity (Wildman–Crippen MR) is 102 cm³/mol. The van der Waals surface area contributed by atoms with E-state index < -0.39 is 0 Å². The Labute approximate surface area is 150 Å². The number of ether oxygens (including phenoxy) is 2. The minimum absolute atomic E-state index is 0.683. The number of thiocarbonyl (C=S) groups is 1. The molecule has 0 unspecified atom stereocenters. The fourth-order valence-electron chi connectivity index (χ4n) is 1.98. The van der Waals surface area contributed by atoms with Crippen molar-refractivity contribution in [3.05, 3.63) is 64.1 Å². The van der Waals surface area contributed by atoms with Crippen molar-refractivity contribution in [3.63, 3.8) is 0 Å². The van der Waals surface area contributed by atoms with E-state index >= 15 is 0 Å². The standard InChI is InChI=1S/C18H18BrNO2S/c1-21-16-9-5-13(11-17(16)22-2)6-10-18(23)20-12-14-3-7-15(19)8-4-14/h3-11H,12H2,1-2H3,(H,20,23)/b10-6+. The van der Waals surface area contributed by atoms with Gasteiger partial charge < -0.3 is 14.8 Å². The summed E-state index contributed by atoms with van der Waals surface area (Å²) < 4.78 is 11.6. The highest BCUT2D eigenvalue weighted by Crippen LogP contribution is 2.27. The van der Waals surface area contributed by atoms with Crippen LogP contribution in [0, 0.1) is 0 Å². The van der Waals surface area contributed by atoms with Gasteiger partial charge in [-0.15, -0.1) is 0 Å². The van der Waals surface area contributed by atoms with Gasteiger partial charge >= 0.3 is 0 Å². The van der Waals surface area contributed by atoms with Gasteiger partial charge in [0.25, 0.3) is 0 Å². The van der Waals surface area contributed by atoms with Gasteiger partial charge in [-0.2, -0.15) is 0 Å². The minimum Gasteiger partial charge on any atom is -0.493 e. The third-order valence-corrected chi connectivity index (χ3v) is 4.02. The Morgan fingerprint density at radius 1 is 1.09 bits per heavy atom.